The molecule has 4 heteroatoms. The fraction of sp³-hybridized carbons (Fsp3) is 0.278. The van der Waals surface area contributed by atoms with Crippen LogP contribution in [0, 0.1) is 0 Å². The van der Waals surface area contributed by atoms with Gasteiger partial charge in [-0.1, -0.05) is 60.7 Å². The van der Waals surface area contributed by atoms with Gasteiger partial charge in [0.2, 0.25) is 0 Å². The number of aliphatic carboxylic acids is 1. The van der Waals surface area contributed by atoms with E-state index in [1.807, 2.05) is 55.5 Å². The molecule has 3 atom stereocenters. The highest BCUT2D eigenvalue weighted by Crippen LogP contribution is 2.20. The van der Waals surface area contributed by atoms with Crippen molar-refractivity contribution in [2.45, 2.75) is 31.5 Å². The topological polar surface area (TPSA) is 69.6 Å². The van der Waals surface area contributed by atoms with E-state index >= 15 is 0 Å². The fourth-order valence-electron chi connectivity index (χ4n) is 2.41. The second-order valence-electron chi connectivity index (χ2n) is 5.35. The minimum absolute atomic E-state index is 0.106. The smallest absolute Gasteiger partial charge is 0.320 e. The first-order valence-electron chi connectivity index (χ1n) is 7.34. The van der Waals surface area contributed by atoms with Gasteiger partial charge in [0.05, 0.1) is 6.10 Å². The summed E-state index contributed by atoms with van der Waals surface area (Å²) in [6.45, 7) is 1.92. The summed E-state index contributed by atoms with van der Waals surface area (Å²) < 4.78 is 0. The van der Waals surface area contributed by atoms with E-state index in [9.17, 15) is 15.0 Å². The molecule has 2 rings (SSSR count). The van der Waals surface area contributed by atoms with Crippen molar-refractivity contribution >= 4 is 5.97 Å². The molecule has 0 bridgehead atoms. The molecule has 3 N–H and O–H groups in total. The van der Waals surface area contributed by atoms with E-state index in [0.717, 1.165) is 11.1 Å². The Labute approximate surface area is 130 Å². The molecule has 0 unspecified atom stereocenters. The van der Waals surface area contributed by atoms with Crippen LogP contribution in [-0.2, 0) is 4.79 Å². The Hall–Kier alpha value is -2.17. The van der Waals surface area contributed by atoms with E-state index < -0.39 is 18.1 Å². The van der Waals surface area contributed by atoms with Crippen LogP contribution < -0.4 is 5.32 Å². The first-order chi connectivity index (χ1) is 10.6. The number of aliphatic hydroxyl groups excluding tert-OH is 1. The molecule has 2 aromatic carbocycles. The largest absolute Gasteiger partial charge is 0.480 e. The fourth-order valence-corrected chi connectivity index (χ4v) is 2.41. The highest BCUT2D eigenvalue weighted by molar-refractivity contribution is 5.73. The van der Waals surface area contributed by atoms with Crippen molar-refractivity contribution in [3.05, 3.63) is 71.8 Å². The lowest BCUT2D eigenvalue weighted by molar-refractivity contribution is -0.140. The molecule has 0 spiro atoms. The lowest BCUT2D eigenvalue weighted by Gasteiger charge is -2.23. The third kappa shape index (κ3) is 4.41. The van der Waals surface area contributed by atoms with Crippen molar-refractivity contribution in [3.8, 4) is 0 Å². The maximum Gasteiger partial charge on any atom is 0.320 e. The SMILES string of the molecule is C[C@@H](N[C@H](C[C@H](O)c1ccccc1)C(=O)O)c1ccccc1. The molecule has 4 nitrogen and oxygen atoms in total. The van der Waals surface area contributed by atoms with Gasteiger partial charge >= 0.3 is 5.97 Å². The Morgan fingerprint density at radius 3 is 2.00 bits per heavy atom. The average molecular weight is 299 g/mol. The van der Waals surface area contributed by atoms with Crippen LogP contribution in [0.3, 0.4) is 0 Å². The Morgan fingerprint density at radius 2 is 1.50 bits per heavy atom. The van der Waals surface area contributed by atoms with E-state index in [1.165, 1.54) is 0 Å². The summed E-state index contributed by atoms with van der Waals surface area (Å²) in [7, 11) is 0. The van der Waals surface area contributed by atoms with Gasteiger partial charge in [0, 0.05) is 12.5 Å². The second kappa shape index (κ2) is 7.73. The molecule has 0 aliphatic rings. The molecule has 22 heavy (non-hydrogen) atoms. The van der Waals surface area contributed by atoms with Crippen molar-refractivity contribution < 1.29 is 15.0 Å². The molecular weight excluding hydrogens is 278 g/mol. The first kappa shape index (κ1) is 16.2. The standard InChI is InChI=1S/C18H21NO3/c1-13(14-8-4-2-5-9-14)19-16(18(21)22)12-17(20)15-10-6-3-7-11-15/h2-11,13,16-17,19-20H,12H2,1H3,(H,21,22)/t13-,16-,17+/m1/s1. The van der Waals surface area contributed by atoms with Crippen molar-refractivity contribution in [2.24, 2.45) is 0 Å². The number of benzene rings is 2. The van der Waals surface area contributed by atoms with E-state index in [2.05, 4.69) is 5.32 Å². The van der Waals surface area contributed by atoms with Crippen molar-refractivity contribution in [1.82, 2.24) is 5.32 Å². The van der Waals surface area contributed by atoms with Gasteiger partial charge in [0.15, 0.2) is 0 Å². The van der Waals surface area contributed by atoms with Crippen LogP contribution in [0.2, 0.25) is 0 Å². The molecule has 0 aliphatic carbocycles. The van der Waals surface area contributed by atoms with Crippen LogP contribution >= 0.6 is 0 Å². The normalized spacial score (nSPS) is 15.0. The van der Waals surface area contributed by atoms with Crippen LogP contribution in [0.1, 0.15) is 36.6 Å². The Morgan fingerprint density at radius 1 is 1.00 bits per heavy atom. The molecule has 0 saturated heterocycles. The van der Waals surface area contributed by atoms with E-state index in [-0.39, 0.29) is 12.5 Å². The summed E-state index contributed by atoms with van der Waals surface area (Å²) in [6.07, 6.45) is -0.686. The Balaban J connectivity index is 2.03. The number of hydrogen-bond donors (Lipinski definition) is 3. The van der Waals surface area contributed by atoms with Gasteiger partial charge in [-0.3, -0.25) is 10.1 Å². The number of carbonyl (C=O) groups is 1. The molecule has 0 saturated carbocycles. The lowest BCUT2D eigenvalue weighted by atomic mass is 10.0. The zero-order chi connectivity index (χ0) is 15.9. The molecule has 116 valence electrons. The molecule has 2 aromatic rings. The summed E-state index contributed by atoms with van der Waals surface area (Å²) in [4.78, 5) is 11.5. The van der Waals surface area contributed by atoms with Crippen LogP contribution in [0.5, 0.6) is 0 Å². The summed E-state index contributed by atoms with van der Waals surface area (Å²) in [6, 6.07) is 17.8. The van der Waals surface area contributed by atoms with Crippen molar-refractivity contribution in [2.75, 3.05) is 0 Å². The summed E-state index contributed by atoms with van der Waals surface area (Å²) in [5, 5.41) is 22.7. The summed E-state index contributed by atoms with van der Waals surface area (Å²) in [5.41, 5.74) is 1.74. The summed E-state index contributed by atoms with van der Waals surface area (Å²) >= 11 is 0. The Bertz CT molecular complexity index is 538. The number of aliphatic hydroxyl groups is 1. The van der Waals surface area contributed by atoms with Gasteiger partial charge < -0.3 is 10.2 Å². The van der Waals surface area contributed by atoms with Gasteiger partial charge in [-0.2, -0.15) is 0 Å². The number of carboxylic acids is 1. The molecular formula is C18H21NO3. The number of nitrogens with one attached hydrogen (secondary N) is 1. The maximum absolute atomic E-state index is 11.5. The maximum atomic E-state index is 11.5. The first-order valence-corrected chi connectivity index (χ1v) is 7.34. The minimum atomic E-state index is -0.960. The van der Waals surface area contributed by atoms with Crippen molar-refractivity contribution in [1.29, 1.82) is 0 Å². The predicted octanol–water partition coefficient (Wildman–Crippen LogP) is 2.91. The van der Waals surface area contributed by atoms with Gasteiger partial charge in [-0.15, -0.1) is 0 Å². The van der Waals surface area contributed by atoms with E-state index in [0.29, 0.717) is 0 Å². The molecule has 0 radical (unpaired) electrons. The number of carboxylic acid groups (broad SMARTS) is 1. The van der Waals surface area contributed by atoms with Gasteiger partial charge in [0.1, 0.15) is 6.04 Å². The molecule has 0 fully saturated rings. The van der Waals surface area contributed by atoms with Crippen molar-refractivity contribution in [3.63, 3.8) is 0 Å². The van der Waals surface area contributed by atoms with Gasteiger partial charge in [-0.05, 0) is 18.1 Å². The van der Waals surface area contributed by atoms with Gasteiger partial charge in [-0.25, -0.2) is 0 Å². The number of rotatable bonds is 7. The molecule has 0 amide bonds. The van der Waals surface area contributed by atoms with Crippen LogP contribution in [0.15, 0.2) is 60.7 Å². The zero-order valence-electron chi connectivity index (χ0n) is 12.5. The van der Waals surface area contributed by atoms with Crippen LogP contribution in [0.4, 0.5) is 0 Å². The molecule has 0 aliphatic heterocycles. The zero-order valence-corrected chi connectivity index (χ0v) is 12.5. The highest BCUT2D eigenvalue weighted by Gasteiger charge is 2.24. The average Bonchev–Trinajstić information content (AvgIpc) is 2.55. The quantitative estimate of drug-likeness (QED) is 0.735. The lowest BCUT2D eigenvalue weighted by Crippen LogP contribution is -2.39. The van der Waals surface area contributed by atoms with Gasteiger partial charge in [0.25, 0.3) is 0 Å². The monoisotopic (exact) mass is 299 g/mol. The Kier molecular flexibility index (Phi) is 5.69. The third-order valence-corrected chi connectivity index (χ3v) is 3.69. The summed E-state index contributed by atoms with van der Waals surface area (Å²) in [5.74, 6) is -0.960. The van der Waals surface area contributed by atoms with E-state index in [4.69, 9.17) is 0 Å². The minimum Gasteiger partial charge on any atom is -0.480 e. The number of hydrogen-bond acceptors (Lipinski definition) is 3. The van der Waals surface area contributed by atoms with Crippen LogP contribution in [0.25, 0.3) is 0 Å². The highest BCUT2D eigenvalue weighted by atomic mass is 16.4. The van der Waals surface area contributed by atoms with Crippen LogP contribution in [-0.4, -0.2) is 22.2 Å². The molecule has 0 heterocycles. The third-order valence-electron chi connectivity index (χ3n) is 3.69. The van der Waals surface area contributed by atoms with E-state index in [1.54, 1.807) is 12.1 Å². The molecule has 0 aromatic heterocycles. The predicted molar refractivity (Wildman–Crippen MR) is 85.4 cm³/mol. The second-order valence-corrected chi connectivity index (χ2v) is 5.35.